The molecule has 0 saturated heterocycles. The van der Waals surface area contributed by atoms with Crippen molar-refractivity contribution in [3.05, 3.63) is 74.0 Å². The van der Waals surface area contributed by atoms with Gasteiger partial charge in [-0.3, -0.25) is 4.79 Å². The van der Waals surface area contributed by atoms with Crippen LogP contribution in [0, 0.1) is 6.92 Å². The standard InChI is InChI=1S/C18H17ClN2O4/c1-9-7-12-14(17(22)21(9)2)13(10-5-4-6-11(19)8-10)15(16(20)25-12)18(23)24-3/h4-8,13H,20H2,1-3H3. The number of fused-ring (bicyclic) bond motifs is 1. The molecular weight excluding hydrogens is 344 g/mol. The number of aryl methyl sites for hydroxylation is 1. The van der Waals surface area contributed by atoms with Crippen molar-refractivity contribution in [3.8, 4) is 5.75 Å². The second-order valence-corrected chi connectivity index (χ2v) is 6.22. The maximum absolute atomic E-state index is 12.9. The number of hydrogen-bond acceptors (Lipinski definition) is 5. The largest absolute Gasteiger partial charge is 0.465 e. The van der Waals surface area contributed by atoms with Gasteiger partial charge in [-0.05, 0) is 24.6 Å². The summed E-state index contributed by atoms with van der Waals surface area (Å²) in [6, 6.07) is 8.65. The van der Waals surface area contributed by atoms with E-state index >= 15 is 0 Å². The van der Waals surface area contributed by atoms with Crippen LogP contribution in [0.3, 0.4) is 0 Å². The van der Waals surface area contributed by atoms with Crippen LogP contribution in [-0.4, -0.2) is 17.6 Å². The zero-order valence-corrected chi connectivity index (χ0v) is 14.8. The van der Waals surface area contributed by atoms with Gasteiger partial charge in [-0.2, -0.15) is 0 Å². The van der Waals surface area contributed by atoms with Crippen molar-refractivity contribution < 1.29 is 14.3 Å². The molecule has 0 saturated carbocycles. The van der Waals surface area contributed by atoms with Crippen molar-refractivity contribution in [1.82, 2.24) is 4.57 Å². The molecule has 1 aliphatic rings. The third-order valence-corrected chi connectivity index (χ3v) is 4.55. The van der Waals surface area contributed by atoms with Gasteiger partial charge in [0.2, 0.25) is 5.88 Å². The molecule has 6 nitrogen and oxygen atoms in total. The molecule has 1 aliphatic heterocycles. The number of aromatic nitrogens is 1. The Labute approximate surface area is 149 Å². The highest BCUT2D eigenvalue weighted by molar-refractivity contribution is 6.30. The predicted octanol–water partition coefficient (Wildman–Crippen LogP) is 2.21. The highest BCUT2D eigenvalue weighted by Gasteiger charge is 2.38. The van der Waals surface area contributed by atoms with Crippen LogP contribution in [0.2, 0.25) is 5.02 Å². The smallest absolute Gasteiger partial charge is 0.340 e. The van der Waals surface area contributed by atoms with E-state index in [0.29, 0.717) is 27.6 Å². The molecule has 0 amide bonds. The quantitative estimate of drug-likeness (QED) is 0.830. The van der Waals surface area contributed by atoms with Gasteiger partial charge in [0.1, 0.15) is 11.3 Å². The maximum atomic E-state index is 12.9. The van der Waals surface area contributed by atoms with Gasteiger partial charge in [-0.15, -0.1) is 0 Å². The van der Waals surface area contributed by atoms with Crippen molar-refractivity contribution in [2.45, 2.75) is 12.8 Å². The molecule has 2 heterocycles. The molecule has 0 fully saturated rings. The number of methoxy groups -OCH3 is 1. The minimum absolute atomic E-state index is 0.0817. The maximum Gasteiger partial charge on any atom is 0.340 e. The normalized spacial score (nSPS) is 16.2. The van der Waals surface area contributed by atoms with Gasteiger partial charge < -0.3 is 19.8 Å². The molecule has 130 valence electrons. The molecule has 1 aromatic heterocycles. The molecule has 1 unspecified atom stereocenters. The van der Waals surface area contributed by atoms with E-state index in [2.05, 4.69) is 0 Å². The molecule has 3 rings (SSSR count). The molecule has 0 radical (unpaired) electrons. The van der Waals surface area contributed by atoms with E-state index in [1.54, 1.807) is 44.3 Å². The summed E-state index contributed by atoms with van der Waals surface area (Å²) in [5.41, 5.74) is 7.49. The average Bonchev–Trinajstić information content (AvgIpc) is 2.58. The highest BCUT2D eigenvalue weighted by Crippen LogP contribution is 2.41. The third-order valence-electron chi connectivity index (χ3n) is 4.32. The summed E-state index contributed by atoms with van der Waals surface area (Å²) in [6.45, 7) is 1.79. The summed E-state index contributed by atoms with van der Waals surface area (Å²) in [5, 5.41) is 0.484. The van der Waals surface area contributed by atoms with Crippen LogP contribution < -0.4 is 16.0 Å². The number of nitrogens with zero attached hydrogens (tertiary/aromatic N) is 1. The molecule has 7 heteroatoms. The molecule has 25 heavy (non-hydrogen) atoms. The number of nitrogens with two attached hydrogens (primary N) is 1. The van der Waals surface area contributed by atoms with Crippen molar-refractivity contribution >= 4 is 17.6 Å². The van der Waals surface area contributed by atoms with Gasteiger partial charge in [-0.25, -0.2) is 4.79 Å². The first-order valence-electron chi connectivity index (χ1n) is 7.57. The van der Waals surface area contributed by atoms with E-state index in [9.17, 15) is 9.59 Å². The van der Waals surface area contributed by atoms with Crippen LogP contribution in [0.1, 0.15) is 22.7 Å². The van der Waals surface area contributed by atoms with Crippen LogP contribution in [0.4, 0.5) is 0 Å². The molecular formula is C18H17ClN2O4. The van der Waals surface area contributed by atoms with E-state index < -0.39 is 11.9 Å². The van der Waals surface area contributed by atoms with Gasteiger partial charge in [0, 0.05) is 23.8 Å². The summed E-state index contributed by atoms with van der Waals surface area (Å²) in [5.74, 6) is -1.14. The molecule has 2 aromatic rings. The van der Waals surface area contributed by atoms with Crippen LogP contribution in [-0.2, 0) is 16.6 Å². The van der Waals surface area contributed by atoms with Crippen LogP contribution >= 0.6 is 11.6 Å². The van der Waals surface area contributed by atoms with Crippen LogP contribution in [0.25, 0.3) is 0 Å². The number of carbonyl (C=O) groups excluding carboxylic acids is 1. The molecule has 2 N–H and O–H groups in total. The lowest BCUT2D eigenvalue weighted by Gasteiger charge is -2.28. The Morgan fingerprint density at radius 3 is 2.72 bits per heavy atom. The van der Waals surface area contributed by atoms with E-state index in [4.69, 9.17) is 26.8 Å². The van der Waals surface area contributed by atoms with Gasteiger partial charge >= 0.3 is 5.97 Å². The zero-order valence-electron chi connectivity index (χ0n) is 14.0. The van der Waals surface area contributed by atoms with Gasteiger partial charge in [0.15, 0.2) is 0 Å². The van der Waals surface area contributed by atoms with E-state index in [1.165, 1.54) is 11.7 Å². The van der Waals surface area contributed by atoms with Crippen molar-refractivity contribution in [3.63, 3.8) is 0 Å². The Morgan fingerprint density at radius 2 is 2.08 bits per heavy atom. The Morgan fingerprint density at radius 1 is 1.36 bits per heavy atom. The summed E-state index contributed by atoms with van der Waals surface area (Å²) in [6.07, 6.45) is 0. The van der Waals surface area contributed by atoms with Gasteiger partial charge in [0.25, 0.3) is 5.56 Å². The number of carbonyl (C=O) groups is 1. The second kappa shape index (κ2) is 6.29. The minimum atomic E-state index is -0.728. The Kier molecular flexibility index (Phi) is 4.30. The number of halogens is 1. The molecule has 1 atom stereocenters. The average molecular weight is 361 g/mol. The zero-order chi connectivity index (χ0) is 18.3. The summed E-state index contributed by atoms with van der Waals surface area (Å²) in [7, 11) is 2.91. The lowest BCUT2D eigenvalue weighted by atomic mass is 9.83. The molecule has 0 spiro atoms. The number of benzene rings is 1. The third kappa shape index (κ3) is 2.78. The van der Waals surface area contributed by atoms with Gasteiger partial charge in [-0.1, -0.05) is 23.7 Å². The number of rotatable bonds is 2. The fourth-order valence-corrected chi connectivity index (χ4v) is 3.17. The monoisotopic (exact) mass is 360 g/mol. The minimum Gasteiger partial charge on any atom is -0.465 e. The lowest BCUT2D eigenvalue weighted by Crippen LogP contribution is -2.34. The van der Waals surface area contributed by atoms with Crippen molar-refractivity contribution in [2.24, 2.45) is 12.8 Å². The second-order valence-electron chi connectivity index (χ2n) is 5.79. The first-order chi connectivity index (χ1) is 11.8. The number of hydrogen-bond donors (Lipinski definition) is 1. The summed E-state index contributed by atoms with van der Waals surface area (Å²) >= 11 is 6.11. The first kappa shape index (κ1) is 17.1. The number of ether oxygens (including phenoxy) is 2. The topological polar surface area (TPSA) is 83.5 Å². The Bertz CT molecular complexity index is 962. The van der Waals surface area contributed by atoms with Crippen LogP contribution in [0.5, 0.6) is 5.75 Å². The lowest BCUT2D eigenvalue weighted by molar-refractivity contribution is -0.136. The summed E-state index contributed by atoms with van der Waals surface area (Å²) < 4.78 is 11.9. The number of pyridine rings is 1. The molecule has 0 aliphatic carbocycles. The highest BCUT2D eigenvalue weighted by atomic mass is 35.5. The van der Waals surface area contributed by atoms with E-state index in [-0.39, 0.29) is 17.0 Å². The predicted molar refractivity (Wildman–Crippen MR) is 93.6 cm³/mol. The summed E-state index contributed by atoms with van der Waals surface area (Å²) in [4.78, 5) is 25.2. The fourth-order valence-electron chi connectivity index (χ4n) is 2.97. The Hall–Kier alpha value is -2.73. The van der Waals surface area contributed by atoms with Crippen LogP contribution in [0.15, 0.2) is 46.6 Å². The molecule has 0 bridgehead atoms. The molecule has 1 aromatic carbocycles. The first-order valence-corrected chi connectivity index (χ1v) is 7.94. The fraction of sp³-hybridized carbons (Fsp3) is 0.222. The Balaban J connectivity index is 2.36. The van der Waals surface area contributed by atoms with Crippen molar-refractivity contribution in [2.75, 3.05) is 7.11 Å². The van der Waals surface area contributed by atoms with E-state index in [0.717, 1.165) is 0 Å². The van der Waals surface area contributed by atoms with E-state index in [1.807, 2.05) is 0 Å². The van der Waals surface area contributed by atoms with Crippen molar-refractivity contribution in [1.29, 1.82) is 0 Å². The number of esters is 1. The van der Waals surface area contributed by atoms with Gasteiger partial charge in [0.05, 0.1) is 18.6 Å². The SMILES string of the molecule is COC(=O)C1=C(N)Oc2cc(C)n(C)c(=O)c2C1c1cccc(Cl)c1.